The van der Waals surface area contributed by atoms with Crippen molar-refractivity contribution >= 4 is 75.6 Å². The number of anilines is 1. The molecule has 0 saturated carbocycles. The van der Waals surface area contributed by atoms with Crippen molar-refractivity contribution < 1.29 is 0 Å². The van der Waals surface area contributed by atoms with Crippen molar-refractivity contribution in [1.82, 2.24) is 15.3 Å². The van der Waals surface area contributed by atoms with Gasteiger partial charge in [-0.15, -0.1) is 0 Å². The van der Waals surface area contributed by atoms with Crippen molar-refractivity contribution in [3.8, 4) is 0 Å². The van der Waals surface area contributed by atoms with E-state index in [0.717, 1.165) is 22.3 Å². The van der Waals surface area contributed by atoms with Gasteiger partial charge in [0.25, 0.3) is 0 Å². The smallest absolute Gasteiger partial charge is 0.205 e. The molecule has 0 radical (unpaired) electrons. The molecule has 0 unspecified atom stereocenters. The van der Waals surface area contributed by atoms with Crippen LogP contribution in [0.5, 0.6) is 0 Å². The third kappa shape index (κ3) is 5.20. The molecule has 0 bridgehead atoms. The number of aromatic amines is 1. The van der Waals surface area contributed by atoms with E-state index < -0.39 is 16.7 Å². The maximum Gasteiger partial charge on any atom is 0.205 e. The Kier molecular flexibility index (Phi) is 9.30. The summed E-state index contributed by atoms with van der Waals surface area (Å²) in [5.74, 6) is 0.470. The second-order valence-electron chi connectivity index (χ2n) is 12.5. The Labute approximate surface area is 331 Å². The highest BCUT2D eigenvalue weighted by Crippen LogP contribution is 2.66. The van der Waals surface area contributed by atoms with Crippen LogP contribution in [0.25, 0.3) is 0 Å². The molecule has 0 atom stereocenters. The summed E-state index contributed by atoms with van der Waals surface area (Å²) in [7, 11) is 0. The van der Waals surface area contributed by atoms with Crippen LogP contribution in [0.1, 0.15) is 33.4 Å². The average molecular weight is 801 g/mol. The summed E-state index contributed by atoms with van der Waals surface area (Å²) in [6.45, 7) is 0. The van der Waals surface area contributed by atoms with Crippen molar-refractivity contribution in [2.24, 2.45) is 0 Å². The van der Waals surface area contributed by atoms with Crippen LogP contribution in [-0.4, -0.2) is 9.97 Å². The Hall–Kier alpha value is -3.97. The minimum atomic E-state index is -1.60. The third-order valence-electron chi connectivity index (χ3n) is 9.81. The summed E-state index contributed by atoms with van der Waals surface area (Å²) < 4.78 is 0. The molecule has 0 amide bonds. The monoisotopic (exact) mass is 798 g/mol. The Balaban J connectivity index is 1.73. The van der Waals surface area contributed by atoms with E-state index in [1.165, 1.54) is 0 Å². The average Bonchev–Trinajstić information content (AvgIpc) is 3.77. The van der Waals surface area contributed by atoms with E-state index in [2.05, 4.69) is 63.7 Å². The third-order valence-corrected chi connectivity index (χ3v) is 11.4. The number of hydrogen-bond donors (Lipinski definition) is 2. The van der Waals surface area contributed by atoms with Crippen molar-refractivity contribution in [3.63, 3.8) is 0 Å². The summed E-state index contributed by atoms with van der Waals surface area (Å²) in [6.07, 6.45) is 3.49. The number of benzene rings is 6. The molecule has 8 rings (SSSR count). The molecule has 258 valence electrons. The number of H-pyrrole nitrogens is 1. The highest BCUT2D eigenvalue weighted by Gasteiger charge is 2.73. The van der Waals surface area contributed by atoms with Crippen LogP contribution < -0.4 is 10.2 Å². The van der Waals surface area contributed by atoms with Crippen LogP contribution in [-0.2, 0) is 16.7 Å². The van der Waals surface area contributed by atoms with Crippen molar-refractivity contribution in [1.29, 1.82) is 0 Å². The number of halogens is 6. The summed E-state index contributed by atoms with van der Waals surface area (Å²) in [6, 6.07) is 47.9. The summed E-state index contributed by atoms with van der Waals surface area (Å²) in [5.41, 5.74) is 0.569. The molecular weight excluding hydrogens is 773 g/mol. The fourth-order valence-electron chi connectivity index (χ4n) is 8.10. The predicted octanol–water partition coefficient (Wildman–Crippen LogP) is 12.5. The Morgan fingerprint density at radius 2 is 0.846 bits per heavy atom. The number of nitrogens with zero attached hydrogens (tertiary/aromatic N) is 2. The van der Waals surface area contributed by atoms with Gasteiger partial charge in [-0.2, -0.15) is 0 Å². The molecule has 1 fully saturated rings. The molecule has 10 heteroatoms. The number of hydrogen-bond acceptors (Lipinski definition) is 3. The minimum Gasteiger partial charge on any atom is -0.331 e. The number of nitrogens with one attached hydrogen (secondary N) is 2. The van der Waals surface area contributed by atoms with E-state index in [4.69, 9.17) is 74.6 Å². The number of rotatable bonds is 7. The second kappa shape index (κ2) is 13.8. The minimum absolute atomic E-state index is 0.274. The topological polar surface area (TPSA) is 44.0 Å². The van der Waals surface area contributed by atoms with E-state index >= 15 is 0 Å². The first kappa shape index (κ1) is 35.1. The molecule has 1 aromatic heterocycles. The van der Waals surface area contributed by atoms with Gasteiger partial charge in [-0.05, 0) is 46.5 Å². The van der Waals surface area contributed by atoms with Crippen molar-refractivity contribution in [2.75, 3.05) is 4.90 Å². The molecular formula is C42H28Cl6N4. The number of imidazole rings is 1. The van der Waals surface area contributed by atoms with Gasteiger partial charge in [-0.25, -0.2) is 4.98 Å². The first-order valence-corrected chi connectivity index (χ1v) is 18.6. The Morgan fingerprint density at radius 3 is 1.19 bits per heavy atom. The van der Waals surface area contributed by atoms with E-state index in [1.807, 2.05) is 72.8 Å². The van der Waals surface area contributed by atoms with E-state index in [-0.39, 0.29) is 20.1 Å². The summed E-state index contributed by atoms with van der Waals surface area (Å²) in [4.78, 5) is 10.6. The first-order chi connectivity index (χ1) is 25.2. The SMILES string of the molecule is Clc1cc(Cl)c(C2(c3c(Cl)cc(Cl)cc3Cl)NC(c3ccccc3)(c3ccccc3)C(c3ccccc3)(c3ccccc3)N2c2ncc[nH]2)c(Cl)c1. The quantitative estimate of drug-likeness (QED) is 0.169. The van der Waals surface area contributed by atoms with Crippen LogP contribution in [0.3, 0.4) is 0 Å². The fraction of sp³-hybridized carbons (Fsp3) is 0.0714. The van der Waals surface area contributed by atoms with Gasteiger partial charge in [0.15, 0.2) is 5.66 Å². The number of aromatic nitrogens is 2. The van der Waals surface area contributed by atoms with E-state index in [9.17, 15) is 0 Å². The normalized spacial score (nSPS) is 15.8. The highest BCUT2D eigenvalue weighted by molar-refractivity contribution is 6.41. The van der Waals surface area contributed by atoms with E-state index in [0.29, 0.717) is 27.1 Å². The summed E-state index contributed by atoms with van der Waals surface area (Å²) >= 11 is 42.9. The van der Waals surface area contributed by atoms with Crippen molar-refractivity contribution in [3.05, 3.63) is 222 Å². The summed E-state index contributed by atoms with van der Waals surface area (Å²) in [5, 5.41) is 6.07. The fourth-order valence-corrected chi connectivity index (χ4v) is 10.3. The zero-order chi connectivity index (χ0) is 36.1. The maximum absolute atomic E-state index is 7.41. The first-order valence-electron chi connectivity index (χ1n) is 16.4. The van der Waals surface area contributed by atoms with Gasteiger partial charge in [0.05, 0.1) is 20.1 Å². The van der Waals surface area contributed by atoms with Crippen LogP contribution in [0.4, 0.5) is 5.95 Å². The second-order valence-corrected chi connectivity index (χ2v) is 15.0. The van der Waals surface area contributed by atoms with Gasteiger partial charge < -0.3 is 4.98 Å². The van der Waals surface area contributed by atoms with Crippen LogP contribution in [0.15, 0.2) is 158 Å². The standard InChI is InChI=1S/C42H28Cl6N4/c43-31-23-33(45)37(34(46)24-31)42(38-35(47)25-32(44)26-36(38)48)51-40(27-13-5-1-6-14-27,28-15-7-2-8-16-28)41(29-17-9-3-10-18-29,30-19-11-4-12-20-30)52(42)39-49-21-22-50-39/h1-26,51H,(H,49,50). The maximum atomic E-state index is 7.41. The molecule has 2 N–H and O–H groups in total. The van der Waals surface area contributed by atoms with Gasteiger partial charge in [-0.1, -0.05) is 191 Å². The molecule has 7 aromatic rings. The lowest BCUT2D eigenvalue weighted by atomic mass is 9.62. The van der Waals surface area contributed by atoms with Crippen LogP contribution in [0.2, 0.25) is 30.1 Å². The molecule has 52 heavy (non-hydrogen) atoms. The van der Waals surface area contributed by atoms with Gasteiger partial charge >= 0.3 is 0 Å². The van der Waals surface area contributed by atoms with Gasteiger partial charge in [0.1, 0.15) is 11.1 Å². The largest absolute Gasteiger partial charge is 0.331 e. The molecule has 1 aliphatic heterocycles. The molecule has 0 spiro atoms. The zero-order valence-corrected chi connectivity index (χ0v) is 31.7. The lowest BCUT2D eigenvalue weighted by Crippen LogP contribution is -2.58. The molecule has 1 saturated heterocycles. The predicted molar refractivity (Wildman–Crippen MR) is 215 cm³/mol. The van der Waals surface area contributed by atoms with Gasteiger partial charge in [0.2, 0.25) is 5.95 Å². The lowest BCUT2D eigenvalue weighted by Gasteiger charge is -2.51. The van der Waals surface area contributed by atoms with Gasteiger partial charge in [0, 0.05) is 33.6 Å². The molecule has 2 heterocycles. The Bertz CT molecular complexity index is 2170. The molecule has 1 aliphatic rings. The van der Waals surface area contributed by atoms with E-state index in [1.54, 1.807) is 36.7 Å². The lowest BCUT2D eigenvalue weighted by molar-refractivity contribution is 0.320. The molecule has 4 nitrogen and oxygen atoms in total. The zero-order valence-electron chi connectivity index (χ0n) is 27.2. The highest BCUT2D eigenvalue weighted by atomic mass is 35.5. The van der Waals surface area contributed by atoms with Crippen molar-refractivity contribution in [2.45, 2.75) is 16.7 Å². The van der Waals surface area contributed by atoms with Crippen LogP contribution >= 0.6 is 69.6 Å². The molecule has 6 aromatic carbocycles. The van der Waals surface area contributed by atoms with Crippen LogP contribution in [0, 0.1) is 0 Å². The van der Waals surface area contributed by atoms with Gasteiger partial charge in [-0.3, -0.25) is 10.2 Å². The Morgan fingerprint density at radius 1 is 0.481 bits per heavy atom. The molecule has 0 aliphatic carbocycles.